The minimum atomic E-state index is -0.309. The Bertz CT molecular complexity index is 731. The molecule has 0 aliphatic carbocycles. The monoisotopic (exact) mass is 355 g/mol. The fourth-order valence-electron chi connectivity index (χ4n) is 3.64. The Morgan fingerprint density at radius 3 is 2.46 bits per heavy atom. The van der Waals surface area contributed by atoms with Gasteiger partial charge >= 0.3 is 11.8 Å². The second-order valence-electron chi connectivity index (χ2n) is 6.97. The summed E-state index contributed by atoms with van der Waals surface area (Å²) in [5.74, 6) is 0.157. The van der Waals surface area contributed by atoms with Gasteiger partial charge in [0.05, 0.1) is 0 Å². The third-order valence-electron chi connectivity index (χ3n) is 5.13. The van der Waals surface area contributed by atoms with E-state index in [4.69, 9.17) is 4.52 Å². The lowest BCUT2D eigenvalue weighted by molar-refractivity contribution is 0.0906. The van der Waals surface area contributed by atoms with E-state index in [1.165, 1.54) is 31.4 Å². The summed E-state index contributed by atoms with van der Waals surface area (Å²) in [7, 11) is 0. The van der Waals surface area contributed by atoms with E-state index in [0.717, 1.165) is 38.3 Å². The first-order valence-electron chi connectivity index (χ1n) is 9.49. The Morgan fingerprint density at radius 1 is 1.04 bits per heavy atom. The topological polar surface area (TPSA) is 74.5 Å². The number of anilines is 1. The molecule has 0 atom stereocenters. The van der Waals surface area contributed by atoms with E-state index in [2.05, 4.69) is 37.4 Å². The second-order valence-corrected chi connectivity index (χ2v) is 6.97. The van der Waals surface area contributed by atoms with Crippen LogP contribution in [0.2, 0.25) is 0 Å². The lowest BCUT2D eigenvalue weighted by atomic mass is 10.2. The summed E-state index contributed by atoms with van der Waals surface area (Å²) in [5, 5.41) is 6.80. The van der Waals surface area contributed by atoms with E-state index < -0.39 is 0 Å². The van der Waals surface area contributed by atoms with Gasteiger partial charge in [-0.05, 0) is 63.0 Å². The van der Waals surface area contributed by atoms with E-state index in [9.17, 15) is 4.79 Å². The van der Waals surface area contributed by atoms with Crippen LogP contribution >= 0.6 is 0 Å². The molecule has 0 saturated carbocycles. The Morgan fingerprint density at radius 2 is 1.73 bits per heavy atom. The summed E-state index contributed by atoms with van der Waals surface area (Å²) >= 11 is 0. The number of carbonyl (C=O) groups is 1. The van der Waals surface area contributed by atoms with Gasteiger partial charge in [0, 0.05) is 37.4 Å². The molecule has 0 bridgehead atoms. The number of aromatic nitrogens is 2. The Kier molecular flexibility index (Phi) is 5.15. The van der Waals surface area contributed by atoms with Crippen molar-refractivity contribution in [3.05, 3.63) is 30.2 Å². The summed E-state index contributed by atoms with van der Waals surface area (Å²) in [4.78, 5) is 21.1. The molecule has 0 radical (unpaired) electrons. The van der Waals surface area contributed by atoms with Crippen molar-refractivity contribution in [3.8, 4) is 11.4 Å². The molecule has 138 valence electrons. The van der Waals surface area contributed by atoms with Gasteiger partial charge in [-0.15, -0.1) is 0 Å². The quantitative estimate of drug-likeness (QED) is 0.856. The molecule has 1 amide bonds. The van der Waals surface area contributed by atoms with Gasteiger partial charge in [-0.1, -0.05) is 5.16 Å². The van der Waals surface area contributed by atoms with Gasteiger partial charge in [-0.25, -0.2) is 0 Å². The SMILES string of the molecule is O=C(NCCN1CCCC1)c1nc(-c2ccc(N3CCCC3)cc2)no1. The summed E-state index contributed by atoms with van der Waals surface area (Å²) in [6, 6.07) is 8.11. The minimum Gasteiger partial charge on any atom is -0.372 e. The van der Waals surface area contributed by atoms with Gasteiger partial charge in [0.2, 0.25) is 5.82 Å². The molecule has 2 aliphatic rings. The zero-order chi connectivity index (χ0) is 17.8. The summed E-state index contributed by atoms with van der Waals surface area (Å²) in [6.45, 7) is 5.93. The van der Waals surface area contributed by atoms with Crippen LogP contribution in [0, 0.1) is 0 Å². The van der Waals surface area contributed by atoms with Gasteiger partial charge in [0.1, 0.15) is 0 Å². The van der Waals surface area contributed by atoms with Crippen molar-refractivity contribution in [2.45, 2.75) is 25.7 Å². The zero-order valence-electron chi connectivity index (χ0n) is 15.0. The molecule has 2 fully saturated rings. The smallest absolute Gasteiger partial charge is 0.316 e. The molecule has 26 heavy (non-hydrogen) atoms. The van der Waals surface area contributed by atoms with Crippen molar-refractivity contribution in [3.63, 3.8) is 0 Å². The van der Waals surface area contributed by atoms with Crippen LogP contribution in [0.25, 0.3) is 11.4 Å². The van der Waals surface area contributed by atoms with Gasteiger partial charge in [-0.3, -0.25) is 4.79 Å². The second kappa shape index (κ2) is 7.86. The standard InChI is InChI=1S/C19H25N5O2/c25-18(20-9-14-23-10-1-2-11-23)19-21-17(22-26-19)15-5-7-16(8-6-15)24-12-3-4-13-24/h5-8H,1-4,9-14H2,(H,20,25). The molecule has 3 heterocycles. The average molecular weight is 355 g/mol. The van der Waals surface area contributed by atoms with E-state index in [-0.39, 0.29) is 11.8 Å². The van der Waals surface area contributed by atoms with Crippen LogP contribution in [-0.4, -0.2) is 60.2 Å². The van der Waals surface area contributed by atoms with Crippen LogP contribution in [0.4, 0.5) is 5.69 Å². The van der Waals surface area contributed by atoms with Crippen molar-refractivity contribution in [2.24, 2.45) is 0 Å². The van der Waals surface area contributed by atoms with Crippen LogP contribution in [0.15, 0.2) is 28.8 Å². The molecular weight excluding hydrogens is 330 g/mol. The molecule has 1 aromatic carbocycles. The third-order valence-corrected chi connectivity index (χ3v) is 5.13. The highest BCUT2D eigenvalue weighted by Crippen LogP contribution is 2.24. The van der Waals surface area contributed by atoms with Crippen molar-refractivity contribution in [1.29, 1.82) is 0 Å². The lowest BCUT2D eigenvalue weighted by Gasteiger charge is -2.17. The van der Waals surface area contributed by atoms with Crippen LogP contribution in [0.1, 0.15) is 36.4 Å². The van der Waals surface area contributed by atoms with Gasteiger partial charge in [0.15, 0.2) is 0 Å². The Hall–Kier alpha value is -2.41. The van der Waals surface area contributed by atoms with E-state index in [1.54, 1.807) is 0 Å². The Labute approximate surface area is 153 Å². The van der Waals surface area contributed by atoms with Crippen molar-refractivity contribution < 1.29 is 9.32 Å². The highest BCUT2D eigenvalue weighted by Gasteiger charge is 2.18. The predicted octanol–water partition coefficient (Wildman–Crippen LogP) is 2.16. The maximum Gasteiger partial charge on any atom is 0.316 e. The maximum atomic E-state index is 12.2. The van der Waals surface area contributed by atoms with E-state index >= 15 is 0 Å². The summed E-state index contributed by atoms with van der Waals surface area (Å²) in [6.07, 6.45) is 5.00. The fourth-order valence-corrected chi connectivity index (χ4v) is 3.64. The van der Waals surface area contributed by atoms with Crippen LogP contribution in [0.3, 0.4) is 0 Å². The van der Waals surface area contributed by atoms with Crippen LogP contribution in [0.5, 0.6) is 0 Å². The molecule has 0 spiro atoms. The molecule has 4 rings (SSSR count). The number of benzene rings is 1. The first-order valence-corrected chi connectivity index (χ1v) is 9.49. The van der Waals surface area contributed by atoms with Crippen molar-refractivity contribution >= 4 is 11.6 Å². The van der Waals surface area contributed by atoms with Gasteiger partial charge < -0.3 is 19.6 Å². The van der Waals surface area contributed by atoms with Gasteiger partial charge in [0.25, 0.3) is 0 Å². The molecular formula is C19H25N5O2. The molecule has 7 nitrogen and oxygen atoms in total. The van der Waals surface area contributed by atoms with E-state index in [1.807, 2.05) is 12.1 Å². The number of carbonyl (C=O) groups excluding carboxylic acids is 1. The van der Waals surface area contributed by atoms with Gasteiger partial charge in [-0.2, -0.15) is 4.98 Å². The fraction of sp³-hybridized carbons (Fsp3) is 0.526. The number of rotatable bonds is 6. The highest BCUT2D eigenvalue weighted by molar-refractivity contribution is 5.89. The molecule has 1 aromatic heterocycles. The number of amides is 1. The van der Waals surface area contributed by atoms with Crippen molar-refractivity contribution in [1.82, 2.24) is 20.4 Å². The molecule has 1 N–H and O–H groups in total. The molecule has 0 unspecified atom stereocenters. The van der Waals surface area contributed by atoms with E-state index in [0.29, 0.717) is 12.4 Å². The molecule has 2 saturated heterocycles. The van der Waals surface area contributed by atoms with Crippen LogP contribution < -0.4 is 10.2 Å². The number of likely N-dealkylation sites (tertiary alicyclic amines) is 1. The highest BCUT2D eigenvalue weighted by atomic mass is 16.5. The summed E-state index contributed by atoms with van der Waals surface area (Å²) < 4.78 is 5.14. The lowest BCUT2D eigenvalue weighted by Crippen LogP contribution is -2.33. The number of nitrogens with one attached hydrogen (secondary N) is 1. The number of hydrogen-bond donors (Lipinski definition) is 1. The zero-order valence-corrected chi connectivity index (χ0v) is 15.0. The first kappa shape index (κ1) is 17.0. The average Bonchev–Trinajstić information content (AvgIpc) is 3.43. The van der Waals surface area contributed by atoms with Crippen molar-refractivity contribution in [2.75, 3.05) is 44.2 Å². The number of nitrogens with zero attached hydrogens (tertiary/aromatic N) is 4. The Balaban J connectivity index is 1.33. The first-order chi connectivity index (χ1) is 12.8. The van der Waals surface area contributed by atoms with Crippen LogP contribution in [-0.2, 0) is 0 Å². The maximum absolute atomic E-state index is 12.2. The third kappa shape index (κ3) is 3.88. The molecule has 2 aliphatic heterocycles. The molecule has 7 heteroatoms. The number of hydrogen-bond acceptors (Lipinski definition) is 6. The minimum absolute atomic E-state index is 0.0186. The summed E-state index contributed by atoms with van der Waals surface area (Å²) in [5.41, 5.74) is 2.07. The predicted molar refractivity (Wildman–Crippen MR) is 99.2 cm³/mol. The molecule has 2 aromatic rings. The normalized spacial score (nSPS) is 17.8. The largest absolute Gasteiger partial charge is 0.372 e.